The number of ether oxygens (including phenoxy) is 2. The minimum atomic E-state index is -1.02. The van der Waals surface area contributed by atoms with Crippen LogP contribution < -0.4 is 14.4 Å². The van der Waals surface area contributed by atoms with Gasteiger partial charge in [0.15, 0.2) is 11.5 Å². The summed E-state index contributed by atoms with van der Waals surface area (Å²) < 4.78 is 10.6. The average molecular weight is 513 g/mol. The predicted octanol–water partition coefficient (Wildman–Crippen LogP) is 4.99. The summed E-state index contributed by atoms with van der Waals surface area (Å²) in [5, 5.41) is 0.928. The Morgan fingerprint density at radius 1 is 0.971 bits per heavy atom. The molecule has 3 aromatic carbocycles. The molecule has 1 atom stereocenters. The number of carbonyl (C=O) groups excluding carboxylic acids is 3. The highest BCUT2D eigenvalue weighted by Crippen LogP contribution is 2.32. The minimum Gasteiger partial charge on any atom is -0.493 e. The standard InChI is InChI=1S/C26H22Cl2N2O5/c1-34-22-12-7-16(13-23(22)35-2)25(32)29(15-17-5-3-4-6-20(17)28)21-14-24(31)30(26(21)33)19-10-8-18(27)9-11-19/h3-13,21H,14-15H2,1-2H3. The Bertz CT molecular complexity index is 1280. The summed E-state index contributed by atoms with van der Waals surface area (Å²) in [5.74, 6) is -0.532. The van der Waals surface area contributed by atoms with Crippen LogP contribution in [0.25, 0.3) is 0 Å². The molecule has 1 fully saturated rings. The predicted molar refractivity (Wildman–Crippen MR) is 133 cm³/mol. The molecule has 1 aliphatic rings. The molecule has 3 aromatic rings. The maximum atomic E-state index is 13.7. The number of benzene rings is 3. The fourth-order valence-corrected chi connectivity index (χ4v) is 4.31. The fourth-order valence-electron chi connectivity index (χ4n) is 3.99. The van der Waals surface area contributed by atoms with Gasteiger partial charge in [-0.3, -0.25) is 14.4 Å². The third-order valence-electron chi connectivity index (χ3n) is 5.77. The molecule has 1 unspecified atom stereocenters. The second-order valence-electron chi connectivity index (χ2n) is 7.86. The first-order valence-corrected chi connectivity index (χ1v) is 11.5. The summed E-state index contributed by atoms with van der Waals surface area (Å²) in [4.78, 5) is 42.6. The monoisotopic (exact) mass is 512 g/mol. The second-order valence-corrected chi connectivity index (χ2v) is 8.70. The molecule has 4 rings (SSSR count). The Kier molecular flexibility index (Phi) is 7.28. The van der Waals surface area contributed by atoms with Crippen LogP contribution in [0.3, 0.4) is 0 Å². The van der Waals surface area contributed by atoms with Crippen molar-refractivity contribution in [2.45, 2.75) is 19.0 Å². The summed E-state index contributed by atoms with van der Waals surface area (Å²) in [7, 11) is 2.97. The number of nitrogens with zero attached hydrogens (tertiary/aromatic N) is 2. The largest absolute Gasteiger partial charge is 0.493 e. The number of methoxy groups -OCH3 is 2. The van der Waals surface area contributed by atoms with E-state index in [2.05, 4.69) is 0 Å². The van der Waals surface area contributed by atoms with Crippen molar-refractivity contribution in [2.75, 3.05) is 19.1 Å². The van der Waals surface area contributed by atoms with E-state index in [9.17, 15) is 14.4 Å². The van der Waals surface area contributed by atoms with E-state index in [1.165, 1.54) is 19.1 Å². The molecule has 180 valence electrons. The third kappa shape index (κ3) is 4.97. The van der Waals surface area contributed by atoms with Gasteiger partial charge in [-0.05, 0) is 54.1 Å². The van der Waals surface area contributed by atoms with E-state index < -0.39 is 23.8 Å². The van der Waals surface area contributed by atoms with Crippen LogP contribution in [-0.2, 0) is 16.1 Å². The Hall–Kier alpha value is -3.55. The molecular formula is C26H22Cl2N2O5. The molecule has 0 bridgehead atoms. The maximum Gasteiger partial charge on any atom is 0.257 e. The van der Waals surface area contributed by atoms with Gasteiger partial charge in [-0.15, -0.1) is 0 Å². The highest BCUT2D eigenvalue weighted by Gasteiger charge is 2.44. The number of halogens is 2. The van der Waals surface area contributed by atoms with Gasteiger partial charge in [0.05, 0.1) is 26.3 Å². The van der Waals surface area contributed by atoms with Gasteiger partial charge in [0.25, 0.3) is 11.8 Å². The van der Waals surface area contributed by atoms with Crippen LogP contribution in [0.15, 0.2) is 66.7 Å². The lowest BCUT2D eigenvalue weighted by Gasteiger charge is -2.28. The van der Waals surface area contributed by atoms with E-state index in [-0.39, 0.29) is 18.5 Å². The molecule has 1 saturated heterocycles. The van der Waals surface area contributed by atoms with Crippen LogP contribution in [0.4, 0.5) is 5.69 Å². The highest BCUT2D eigenvalue weighted by atomic mass is 35.5. The summed E-state index contributed by atoms with van der Waals surface area (Å²) in [6, 6.07) is 17.2. The van der Waals surface area contributed by atoms with E-state index in [0.717, 1.165) is 4.90 Å². The van der Waals surface area contributed by atoms with Gasteiger partial charge in [0, 0.05) is 22.2 Å². The molecule has 0 aliphatic carbocycles. The van der Waals surface area contributed by atoms with Crippen LogP contribution in [0.1, 0.15) is 22.3 Å². The van der Waals surface area contributed by atoms with Gasteiger partial charge < -0.3 is 14.4 Å². The molecule has 1 heterocycles. The molecule has 0 saturated carbocycles. The van der Waals surface area contributed by atoms with Gasteiger partial charge in [0.2, 0.25) is 5.91 Å². The van der Waals surface area contributed by atoms with Gasteiger partial charge in [0.1, 0.15) is 6.04 Å². The smallest absolute Gasteiger partial charge is 0.257 e. The van der Waals surface area contributed by atoms with Crippen LogP contribution in [0, 0.1) is 0 Å². The lowest BCUT2D eigenvalue weighted by atomic mass is 10.1. The average Bonchev–Trinajstić information content (AvgIpc) is 3.16. The first kappa shape index (κ1) is 24.6. The quantitative estimate of drug-likeness (QED) is 0.417. The highest BCUT2D eigenvalue weighted by molar-refractivity contribution is 6.31. The second kappa shape index (κ2) is 10.4. The van der Waals surface area contributed by atoms with Crippen LogP contribution in [0.5, 0.6) is 11.5 Å². The van der Waals surface area contributed by atoms with Crippen molar-refractivity contribution in [2.24, 2.45) is 0 Å². The van der Waals surface area contributed by atoms with Crippen molar-refractivity contribution in [3.05, 3.63) is 87.9 Å². The van der Waals surface area contributed by atoms with E-state index in [1.54, 1.807) is 66.7 Å². The maximum absolute atomic E-state index is 13.7. The zero-order valence-electron chi connectivity index (χ0n) is 19.0. The summed E-state index contributed by atoms with van der Waals surface area (Å²) in [5.41, 5.74) is 1.32. The number of rotatable bonds is 7. The number of amides is 3. The van der Waals surface area contributed by atoms with Crippen LogP contribution in [0.2, 0.25) is 10.0 Å². The number of carbonyl (C=O) groups is 3. The van der Waals surface area contributed by atoms with Crippen molar-refractivity contribution >= 4 is 46.6 Å². The minimum absolute atomic E-state index is 0.0327. The van der Waals surface area contributed by atoms with Crippen LogP contribution >= 0.6 is 23.2 Å². The zero-order valence-corrected chi connectivity index (χ0v) is 20.5. The molecule has 9 heteroatoms. The molecule has 35 heavy (non-hydrogen) atoms. The topological polar surface area (TPSA) is 76.2 Å². The van der Waals surface area contributed by atoms with Gasteiger partial charge in [-0.1, -0.05) is 41.4 Å². The summed E-state index contributed by atoms with van der Waals surface area (Å²) in [6.45, 7) is 0.0327. The first-order valence-electron chi connectivity index (χ1n) is 10.7. The van der Waals surface area contributed by atoms with E-state index >= 15 is 0 Å². The number of hydrogen-bond donors (Lipinski definition) is 0. The first-order chi connectivity index (χ1) is 16.8. The molecule has 3 amide bonds. The molecule has 0 N–H and O–H groups in total. The van der Waals surface area contributed by atoms with Crippen molar-refractivity contribution in [1.29, 1.82) is 0 Å². The lowest BCUT2D eigenvalue weighted by molar-refractivity contribution is -0.122. The SMILES string of the molecule is COc1ccc(C(=O)N(Cc2ccccc2Cl)C2CC(=O)N(c3ccc(Cl)cc3)C2=O)cc1OC. The van der Waals surface area contributed by atoms with Crippen molar-refractivity contribution in [3.63, 3.8) is 0 Å². The van der Waals surface area contributed by atoms with Crippen molar-refractivity contribution < 1.29 is 23.9 Å². The Morgan fingerprint density at radius 2 is 1.66 bits per heavy atom. The van der Waals surface area contributed by atoms with Crippen molar-refractivity contribution in [1.82, 2.24) is 4.90 Å². The molecule has 0 spiro atoms. The lowest BCUT2D eigenvalue weighted by Crippen LogP contribution is -2.45. The van der Waals surface area contributed by atoms with E-state index in [0.29, 0.717) is 32.8 Å². The molecule has 7 nitrogen and oxygen atoms in total. The molecular weight excluding hydrogens is 491 g/mol. The molecule has 1 aliphatic heterocycles. The Labute approximate surface area is 212 Å². The van der Waals surface area contributed by atoms with Gasteiger partial charge in [-0.25, -0.2) is 4.90 Å². The molecule has 0 radical (unpaired) electrons. The summed E-state index contributed by atoms with van der Waals surface area (Å²) >= 11 is 12.3. The number of hydrogen-bond acceptors (Lipinski definition) is 5. The zero-order chi connectivity index (χ0) is 25.1. The number of anilines is 1. The third-order valence-corrected chi connectivity index (χ3v) is 6.39. The normalized spacial score (nSPS) is 15.3. The Balaban J connectivity index is 1.73. The van der Waals surface area contributed by atoms with Gasteiger partial charge >= 0.3 is 0 Å². The molecule has 0 aromatic heterocycles. The van der Waals surface area contributed by atoms with E-state index in [1.807, 2.05) is 0 Å². The van der Waals surface area contributed by atoms with Crippen molar-refractivity contribution in [3.8, 4) is 11.5 Å². The van der Waals surface area contributed by atoms with Crippen LogP contribution in [-0.4, -0.2) is 42.9 Å². The summed E-state index contributed by atoms with van der Waals surface area (Å²) in [6.07, 6.45) is -0.162. The van der Waals surface area contributed by atoms with Gasteiger partial charge in [-0.2, -0.15) is 0 Å². The van der Waals surface area contributed by atoms with E-state index in [4.69, 9.17) is 32.7 Å². The number of imide groups is 1. The fraction of sp³-hybridized carbons (Fsp3) is 0.192. The Morgan fingerprint density at radius 3 is 2.31 bits per heavy atom.